The summed E-state index contributed by atoms with van der Waals surface area (Å²) in [5.41, 5.74) is 1.28. The number of carbonyl (C=O) groups is 1. The predicted molar refractivity (Wildman–Crippen MR) is 127 cm³/mol. The molecule has 1 aromatic rings. The van der Waals surface area contributed by atoms with Crippen molar-refractivity contribution < 1.29 is 14.0 Å². The second-order valence-electron chi connectivity index (χ2n) is 10.9. The maximum Gasteiger partial charge on any atom is 0.410 e. The number of amides is 1. The Hall–Kier alpha value is -1.33. The summed E-state index contributed by atoms with van der Waals surface area (Å²) in [7, 11) is -1.91. The third-order valence-electron chi connectivity index (χ3n) is 6.83. The Labute approximate surface area is 185 Å². The first-order chi connectivity index (χ1) is 13.8. The molecule has 0 unspecified atom stereocenters. The van der Waals surface area contributed by atoms with Crippen molar-refractivity contribution in [3.63, 3.8) is 0 Å². The van der Waals surface area contributed by atoms with Crippen LogP contribution in [0.3, 0.4) is 0 Å². The first-order valence-corrected chi connectivity index (χ1v) is 14.4. The van der Waals surface area contributed by atoms with Gasteiger partial charge in [0.1, 0.15) is 6.10 Å². The largest absolute Gasteiger partial charge is 0.446 e. The van der Waals surface area contributed by atoms with E-state index in [0.29, 0.717) is 0 Å². The standard InChI is InChI=1S/C25H43NO3Si/c1-18(2)26(19(3)4)24(27)28-22-15-16-23(29-30(8,9)25(5,6)7)21(22)17-20-13-11-10-12-14-20/h10-14,18-19,21-23H,15-17H2,1-9H3/t21-,22+,23+/m0/s1. The molecule has 1 amide bonds. The van der Waals surface area contributed by atoms with Gasteiger partial charge in [0.2, 0.25) is 0 Å². The third kappa shape index (κ3) is 6.10. The number of rotatable bonds is 7. The molecule has 4 nitrogen and oxygen atoms in total. The summed E-state index contributed by atoms with van der Waals surface area (Å²) in [6.45, 7) is 19.6. The van der Waals surface area contributed by atoms with Gasteiger partial charge in [0.15, 0.2) is 8.32 Å². The van der Waals surface area contributed by atoms with Gasteiger partial charge in [-0.2, -0.15) is 0 Å². The van der Waals surface area contributed by atoms with Gasteiger partial charge < -0.3 is 14.1 Å². The van der Waals surface area contributed by atoms with Crippen LogP contribution in [0, 0.1) is 5.92 Å². The van der Waals surface area contributed by atoms with Gasteiger partial charge in [-0.25, -0.2) is 4.79 Å². The zero-order chi connectivity index (χ0) is 22.7. The maximum atomic E-state index is 13.0. The molecule has 0 saturated heterocycles. The van der Waals surface area contributed by atoms with Crippen molar-refractivity contribution in [3.05, 3.63) is 35.9 Å². The summed E-state index contributed by atoms with van der Waals surface area (Å²) in [6, 6.07) is 10.8. The van der Waals surface area contributed by atoms with Gasteiger partial charge in [-0.3, -0.25) is 0 Å². The van der Waals surface area contributed by atoms with Crippen molar-refractivity contribution in [1.29, 1.82) is 0 Å². The van der Waals surface area contributed by atoms with E-state index in [1.54, 1.807) is 0 Å². The van der Waals surface area contributed by atoms with Crippen molar-refractivity contribution in [1.82, 2.24) is 4.90 Å². The second-order valence-corrected chi connectivity index (χ2v) is 15.6. The topological polar surface area (TPSA) is 38.8 Å². The molecular formula is C25H43NO3Si. The van der Waals surface area contributed by atoms with Crippen molar-refractivity contribution in [2.45, 2.75) is 110 Å². The summed E-state index contributed by atoms with van der Waals surface area (Å²) < 4.78 is 13.0. The Morgan fingerprint density at radius 1 is 1.03 bits per heavy atom. The zero-order valence-electron chi connectivity index (χ0n) is 20.6. The second kappa shape index (κ2) is 9.86. The molecule has 0 aromatic heterocycles. The molecule has 170 valence electrons. The summed E-state index contributed by atoms with van der Waals surface area (Å²) in [6.07, 6.45) is 2.53. The molecule has 0 spiro atoms. The van der Waals surface area contributed by atoms with E-state index in [1.807, 2.05) is 38.7 Å². The number of ether oxygens (including phenoxy) is 1. The van der Waals surface area contributed by atoms with E-state index in [0.717, 1.165) is 19.3 Å². The molecule has 0 N–H and O–H groups in total. The van der Waals surface area contributed by atoms with Crippen molar-refractivity contribution in [2.75, 3.05) is 0 Å². The van der Waals surface area contributed by atoms with Crippen LogP contribution in [0.25, 0.3) is 0 Å². The highest BCUT2D eigenvalue weighted by atomic mass is 28.4. The van der Waals surface area contributed by atoms with Crippen LogP contribution in [-0.4, -0.2) is 43.6 Å². The number of hydrogen-bond donors (Lipinski definition) is 0. The van der Waals surface area contributed by atoms with Gasteiger partial charge in [-0.15, -0.1) is 0 Å². The molecule has 0 bridgehead atoms. The van der Waals surface area contributed by atoms with Crippen molar-refractivity contribution in [2.24, 2.45) is 5.92 Å². The van der Waals surface area contributed by atoms with E-state index in [1.165, 1.54) is 5.56 Å². The molecule has 0 heterocycles. The number of hydrogen-bond acceptors (Lipinski definition) is 3. The van der Waals surface area contributed by atoms with E-state index in [-0.39, 0.29) is 41.3 Å². The van der Waals surface area contributed by atoms with Gasteiger partial charge in [0.05, 0.1) is 6.10 Å². The Bertz CT molecular complexity index is 673. The Kier molecular flexibility index (Phi) is 8.20. The SMILES string of the molecule is CC(C)N(C(=O)O[C@@H]1CC[C@@H](O[Si](C)(C)C(C)(C)C)[C@H]1Cc1ccccc1)C(C)C. The van der Waals surface area contributed by atoms with Gasteiger partial charge in [0.25, 0.3) is 0 Å². The molecule has 5 heteroatoms. The van der Waals surface area contributed by atoms with Crippen LogP contribution in [0.15, 0.2) is 30.3 Å². The molecule has 0 radical (unpaired) electrons. The van der Waals surface area contributed by atoms with Crippen molar-refractivity contribution in [3.8, 4) is 0 Å². The fourth-order valence-corrected chi connectivity index (χ4v) is 5.60. The van der Waals surface area contributed by atoms with E-state index in [9.17, 15) is 4.79 Å². The number of benzene rings is 1. The Morgan fingerprint density at radius 2 is 1.57 bits per heavy atom. The average Bonchev–Trinajstić information content (AvgIpc) is 2.95. The van der Waals surface area contributed by atoms with E-state index < -0.39 is 8.32 Å². The smallest absolute Gasteiger partial charge is 0.410 e. The number of nitrogens with zero attached hydrogens (tertiary/aromatic N) is 1. The molecular weight excluding hydrogens is 390 g/mol. The van der Waals surface area contributed by atoms with Gasteiger partial charge in [-0.1, -0.05) is 51.1 Å². The van der Waals surface area contributed by atoms with Crippen LogP contribution >= 0.6 is 0 Å². The van der Waals surface area contributed by atoms with E-state index >= 15 is 0 Å². The minimum Gasteiger partial charge on any atom is -0.446 e. The quantitative estimate of drug-likeness (QED) is 0.452. The third-order valence-corrected chi connectivity index (χ3v) is 11.3. The van der Waals surface area contributed by atoms with Crippen LogP contribution < -0.4 is 0 Å². The summed E-state index contributed by atoms with van der Waals surface area (Å²) in [5, 5.41) is 0.158. The maximum absolute atomic E-state index is 13.0. The first kappa shape index (κ1) is 24.9. The van der Waals surface area contributed by atoms with E-state index in [2.05, 4.69) is 58.1 Å². The monoisotopic (exact) mass is 433 g/mol. The highest BCUT2D eigenvalue weighted by Crippen LogP contribution is 2.42. The lowest BCUT2D eigenvalue weighted by atomic mass is 9.94. The molecule has 1 aliphatic rings. The summed E-state index contributed by atoms with van der Waals surface area (Å²) in [5.74, 6) is 0.187. The lowest BCUT2D eigenvalue weighted by molar-refractivity contribution is 0.0154. The Balaban J connectivity index is 2.23. The average molecular weight is 434 g/mol. The molecule has 1 fully saturated rings. The van der Waals surface area contributed by atoms with Crippen molar-refractivity contribution >= 4 is 14.4 Å². The zero-order valence-corrected chi connectivity index (χ0v) is 21.6. The van der Waals surface area contributed by atoms with Crippen LogP contribution in [0.2, 0.25) is 18.1 Å². The highest BCUT2D eigenvalue weighted by Gasteiger charge is 2.46. The molecule has 1 aliphatic carbocycles. The lowest BCUT2D eigenvalue weighted by Crippen LogP contribution is -2.47. The van der Waals surface area contributed by atoms with Gasteiger partial charge in [-0.05, 0) is 70.7 Å². The van der Waals surface area contributed by atoms with E-state index in [4.69, 9.17) is 9.16 Å². The first-order valence-electron chi connectivity index (χ1n) is 11.5. The Morgan fingerprint density at radius 3 is 2.07 bits per heavy atom. The molecule has 1 saturated carbocycles. The molecule has 30 heavy (non-hydrogen) atoms. The predicted octanol–water partition coefficient (Wildman–Crippen LogP) is 6.65. The summed E-state index contributed by atoms with van der Waals surface area (Å²) in [4.78, 5) is 14.8. The van der Waals surface area contributed by atoms with Crippen LogP contribution in [0.4, 0.5) is 4.79 Å². The van der Waals surface area contributed by atoms with Gasteiger partial charge >= 0.3 is 6.09 Å². The molecule has 0 aliphatic heterocycles. The summed E-state index contributed by atoms with van der Waals surface area (Å²) >= 11 is 0. The van der Waals surface area contributed by atoms with Crippen LogP contribution in [0.5, 0.6) is 0 Å². The van der Waals surface area contributed by atoms with Crippen LogP contribution in [0.1, 0.15) is 66.9 Å². The highest BCUT2D eigenvalue weighted by molar-refractivity contribution is 6.74. The lowest BCUT2D eigenvalue weighted by Gasteiger charge is -2.40. The van der Waals surface area contributed by atoms with Gasteiger partial charge in [0, 0.05) is 18.0 Å². The molecule has 1 aromatic carbocycles. The normalized spacial score (nSPS) is 22.6. The molecule has 2 rings (SSSR count). The molecule has 3 atom stereocenters. The number of carbonyl (C=O) groups excluding carboxylic acids is 1. The minimum absolute atomic E-state index is 0.104. The minimum atomic E-state index is -1.91. The fourth-order valence-electron chi connectivity index (χ4n) is 4.20. The fraction of sp³-hybridized carbons (Fsp3) is 0.720. The van der Waals surface area contributed by atoms with Crippen LogP contribution in [-0.2, 0) is 15.6 Å².